The van der Waals surface area contributed by atoms with Crippen LogP contribution in [0.2, 0.25) is 0 Å². The van der Waals surface area contributed by atoms with Crippen molar-refractivity contribution in [1.29, 1.82) is 0 Å². The molecular weight excluding hydrogens is 160 g/mol. The predicted octanol–water partition coefficient (Wildman–Crippen LogP) is 2.17. The third-order valence-electron chi connectivity index (χ3n) is 2.17. The van der Waals surface area contributed by atoms with E-state index < -0.39 is 0 Å². The number of hydrogen-bond donors (Lipinski definition) is 1. The van der Waals surface area contributed by atoms with E-state index >= 15 is 0 Å². The summed E-state index contributed by atoms with van der Waals surface area (Å²) in [4.78, 5) is 4.23. The van der Waals surface area contributed by atoms with Gasteiger partial charge in [-0.05, 0) is 51.8 Å². The molecule has 0 aromatic rings. The second-order valence-electron chi connectivity index (χ2n) is 4.70. The fourth-order valence-corrected chi connectivity index (χ4v) is 1.35. The summed E-state index contributed by atoms with van der Waals surface area (Å²) in [7, 11) is 0. The van der Waals surface area contributed by atoms with Gasteiger partial charge in [0.25, 0.3) is 0 Å². The minimum atomic E-state index is 0.226. The Labute approximate surface area is 81.1 Å². The maximum atomic E-state index is 4.23. The van der Waals surface area contributed by atoms with Gasteiger partial charge in [0.1, 0.15) is 0 Å². The van der Waals surface area contributed by atoms with Crippen LogP contribution >= 0.6 is 0 Å². The zero-order valence-electron chi connectivity index (χ0n) is 9.15. The van der Waals surface area contributed by atoms with Gasteiger partial charge in [-0.1, -0.05) is 0 Å². The molecule has 1 rings (SSSR count). The SMILES string of the molecule is CC1=C(CCNC(C)(C)C)C=NC1. The second kappa shape index (κ2) is 4.05. The van der Waals surface area contributed by atoms with Gasteiger partial charge in [-0.25, -0.2) is 0 Å². The number of nitrogens with zero attached hydrogens (tertiary/aromatic N) is 1. The quantitative estimate of drug-likeness (QED) is 0.707. The van der Waals surface area contributed by atoms with Crippen LogP contribution in [-0.2, 0) is 0 Å². The molecule has 13 heavy (non-hydrogen) atoms. The summed E-state index contributed by atoms with van der Waals surface area (Å²) in [5.41, 5.74) is 3.07. The fourth-order valence-electron chi connectivity index (χ4n) is 1.35. The van der Waals surface area contributed by atoms with Crippen molar-refractivity contribution in [3.63, 3.8) is 0 Å². The molecule has 1 heterocycles. The first-order chi connectivity index (χ1) is 5.99. The van der Waals surface area contributed by atoms with Crippen LogP contribution in [0.5, 0.6) is 0 Å². The topological polar surface area (TPSA) is 24.4 Å². The Hall–Kier alpha value is -0.630. The van der Waals surface area contributed by atoms with Crippen LogP contribution in [0, 0.1) is 0 Å². The van der Waals surface area contributed by atoms with E-state index in [0.29, 0.717) is 0 Å². The normalized spacial score (nSPS) is 17.2. The Morgan fingerprint density at radius 2 is 2.15 bits per heavy atom. The van der Waals surface area contributed by atoms with Gasteiger partial charge in [0.15, 0.2) is 0 Å². The maximum absolute atomic E-state index is 4.23. The summed E-state index contributed by atoms with van der Waals surface area (Å²) in [5.74, 6) is 0. The lowest BCUT2D eigenvalue weighted by molar-refractivity contribution is 0.430. The molecule has 0 spiro atoms. The van der Waals surface area contributed by atoms with Gasteiger partial charge in [-0.15, -0.1) is 0 Å². The first-order valence-corrected chi connectivity index (χ1v) is 4.92. The first kappa shape index (κ1) is 10.5. The van der Waals surface area contributed by atoms with Crippen LogP contribution in [0.25, 0.3) is 0 Å². The van der Waals surface area contributed by atoms with Crippen LogP contribution in [0.3, 0.4) is 0 Å². The van der Waals surface area contributed by atoms with Crippen molar-refractivity contribution < 1.29 is 0 Å². The standard InChI is InChI=1S/C11H20N2/c1-9-7-12-8-10(9)5-6-13-11(2,3)4/h8,13H,5-7H2,1-4H3. The van der Waals surface area contributed by atoms with E-state index in [1.807, 2.05) is 6.21 Å². The van der Waals surface area contributed by atoms with E-state index in [9.17, 15) is 0 Å². The molecule has 0 radical (unpaired) electrons. The lowest BCUT2D eigenvalue weighted by Crippen LogP contribution is -2.36. The molecule has 74 valence electrons. The molecule has 0 amide bonds. The number of hydrogen-bond acceptors (Lipinski definition) is 2. The van der Waals surface area contributed by atoms with E-state index in [1.165, 1.54) is 11.1 Å². The summed E-state index contributed by atoms with van der Waals surface area (Å²) in [6.07, 6.45) is 3.12. The van der Waals surface area contributed by atoms with Gasteiger partial charge in [0.05, 0.1) is 6.54 Å². The van der Waals surface area contributed by atoms with E-state index in [0.717, 1.165) is 19.5 Å². The fraction of sp³-hybridized carbons (Fsp3) is 0.727. The molecule has 0 bridgehead atoms. The van der Waals surface area contributed by atoms with Crippen LogP contribution in [-0.4, -0.2) is 24.8 Å². The van der Waals surface area contributed by atoms with Gasteiger partial charge < -0.3 is 5.32 Å². The molecule has 0 fully saturated rings. The monoisotopic (exact) mass is 180 g/mol. The molecule has 0 atom stereocenters. The average Bonchev–Trinajstić information content (AvgIpc) is 2.34. The van der Waals surface area contributed by atoms with Crippen LogP contribution < -0.4 is 5.32 Å². The van der Waals surface area contributed by atoms with Crippen molar-refractivity contribution in [3.8, 4) is 0 Å². The summed E-state index contributed by atoms with van der Waals surface area (Å²) in [5, 5.41) is 3.47. The Morgan fingerprint density at radius 1 is 1.46 bits per heavy atom. The molecule has 1 aliphatic heterocycles. The molecule has 1 aliphatic rings. The zero-order chi connectivity index (χ0) is 9.90. The van der Waals surface area contributed by atoms with E-state index in [1.54, 1.807) is 0 Å². The van der Waals surface area contributed by atoms with Crippen molar-refractivity contribution in [1.82, 2.24) is 5.32 Å². The predicted molar refractivity (Wildman–Crippen MR) is 58.4 cm³/mol. The molecular formula is C11H20N2. The Morgan fingerprint density at radius 3 is 2.62 bits per heavy atom. The van der Waals surface area contributed by atoms with Gasteiger partial charge in [-0.3, -0.25) is 4.99 Å². The minimum absolute atomic E-state index is 0.226. The molecule has 0 aromatic heterocycles. The molecule has 2 heteroatoms. The van der Waals surface area contributed by atoms with Crippen molar-refractivity contribution in [2.45, 2.75) is 39.7 Å². The van der Waals surface area contributed by atoms with E-state index in [2.05, 4.69) is 38.0 Å². The highest BCUT2D eigenvalue weighted by molar-refractivity contribution is 5.82. The Bertz CT molecular complexity index is 231. The lowest BCUT2D eigenvalue weighted by Gasteiger charge is -2.20. The largest absolute Gasteiger partial charge is 0.312 e. The number of aliphatic imine (C=N–C) groups is 1. The van der Waals surface area contributed by atoms with Gasteiger partial charge in [0, 0.05) is 11.8 Å². The van der Waals surface area contributed by atoms with Crippen LogP contribution in [0.4, 0.5) is 0 Å². The van der Waals surface area contributed by atoms with Crippen LogP contribution in [0.1, 0.15) is 34.1 Å². The number of nitrogens with one attached hydrogen (secondary N) is 1. The highest BCUT2D eigenvalue weighted by atomic mass is 14.9. The smallest absolute Gasteiger partial charge is 0.0603 e. The summed E-state index contributed by atoms with van der Waals surface area (Å²) in [6, 6.07) is 0. The van der Waals surface area contributed by atoms with Crippen LogP contribution in [0.15, 0.2) is 16.1 Å². The molecule has 0 aliphatic carbocycles. The highest BCUT2D eigenvalue weighted by Gasteiger charge is 2.10. The molecule has 0 aromatic carbocycles. The molecule has 2 nitrogen and oxygen atoms in total. The Kier molecular flexibility index (Phi) is 3.26. The maximum Gasteiger partial charge on any atom is 0.0603 e. The minimum Gasteiger partial charge on any atom is -0.312 e. The third kappa shape index (κ3) is 3.73. The summed E-state index contributed by atoms with van der Waals surface area (Å²) < 4.78 is 0. The lowest BCUT2D eigenvalue weighted by atomic mass is 10.1. The molecule has 1 N–H and O–H groups in total. The van der Waals surface area contributed by atoms with E-state index in [4.69, 9.17) is 0 Å². The average molecular weight is 180 g/mol. The van der Waals surface area contributed by atoms with Crippen molar-refractivity contribution in [2.24, 2.45) is 4.99 Å². The highest BCUT2D eigenvalue weighted by Crippen LogP contribution is 2.12. The molecule has 0 saturated carbocycles. The van der Waals surface area contributed by atoms with E-state index in [-0.39, 0.29) is 5.54 Å². The van der Waals surface area contributed by atoms with Gasteiger partial charge >= 0.3 is 0 Å². The third-order valence-corrected chi connectivity index (χ3v) is 2.17. The number of rotatable bonds is 3. The van der Waals surface area contributed by atoms with Crippen molar-refractivity contribution in [2.75, 3.05) is 13.1 Å². The molecule has 0 unspecified atom stereocenters. The summed E-state index contributed by atoms with van der Waals surface area (Å²) >= 11 is 0. The van der Waals surface area contributed by atoms with Gasteiger partial charge in [-0.2, -0.15) is 0 Å². The van der Waals surface area contributed by atoms with Crippen molar-refractivity contribution >= 4 is 6.21 Å². The van der Waals surface area contributed by atoms with Crippen molar-refractivity contribution in [3.05, 3.63) is 11.1 Å². The first-order valence-electron chi connectivity index (χ1n) is 4.92. The Balaban J connectivity index is 2.28. The zero-order valence-corrected chi connectivity index (χ0v) is 9.15. The summed E-state index contributed by atoms with van der Waals surface area (Å²) in [6.45, 7) is 10.7. The van der Waals surface area contributed by atoms with Gasteiger partial charge in [0.2, 0.25) is 0 Å². The second-order valence-corrected chi connectivity index (χ2v) is 4.70. The molecule has 0 saturated heterocycles.